The molecule has 0 radical (unpaired) electrons. The highest BCUT2D eigenvalue weighted by Gasteiger charge is 2.15. The summed E-state index contributed by atoms with van der Waals surface area (Å²) in [5.41, 5.74) is 6.56. The first-order chi connectivity index (χ1) is 16.6. The van der Waals surface area contributed by atoms with E-state index in [9.17, 15) is 4.79 Å². The average Bonchev–Trinajstić information content (AvgIpc) is 3.27. The van der Waals surface area contributed by atoms with E-state index in [0.29, 0.717) is 6.54 Å². The number of hydrogen-bond acceptors (Lipinski definition) is 5. The first-order valence-electron chi connectivity index (χ1n) is 11.1. The molecule has 34 heavy (non-hydrogen) atoms. The van der Waals surface area contributed by atoms with Gasteiger partial charge in [-0.05, 0) is 30.2 Å². The zero-order valence-electron chi connectivity index (χ0n) is 18.7. The average molecular weight is 447 g/mol. The van der Waals surface area contributed by atoms with Crippen molar-refractivity contribution in [1.82, 2.24) is 24.9 Å². The van der Waals surface area contributed by atoms with E-state index in [1.54, 1.807) is 0 Å². The molecule has 7 heteroatoms. The van der Waals surface area contributed by atoms with Gasteiger partial charge in [-0.2, -0.15) is 5.26 Å². The number of nitrogens with zero attached hydrogens (tertiary/aromatic N) is 5. The van der Waals surface area contributed by atoms with Gasteiger partial charge in [0.15, 0.2) is 5.65 Å². The van der Waals surface area contributed by atoms with Crippen LogP contribution in [0.1, 0.15) is 24.2 Å². The SMILES string of the molecule is Cc1nnc2c3cc(-c4ccccc4)c(-c4ccc(CNC(=O)CCC#N)cc4)nc3ccn12. The molecule has 0 aliphatic rings. The third-order valence-corrected chi connectivity index (χ3v) is 5.81. The highest BCUT2D eigenvalue weighted by molar-refractivity contribution is 5.98. The molecule has 0 atom stereocenters. The van der Waals surface area contributed by atoms with Crippen molar-refractivity contribution in [3.8, 4) is 28.5 Å². The van der Waals surface area contributed by atoms with Crippen molar-refractivity contribution in [1.29, 1.82) is 5.26 Å². The number of carbonyl (C=O) groups is 1. The number of pyridine rings is 2. The van der Waals surface area contributed by atoms with Crippen molar-refractivity contribution in [2.45, 2.75) is 26.3 Å². The number of amides is 1. The van der Waals surface area contributed by atoms with Crippen molar-refractivity contribution < 1.29 is 4.79 Å². The van der Waals surface area contributed by atoms with E-state index in [4.69, 9.17) is 10.2 Å². The third kappa shape index (κ3) is 4.09. The summed E-state index contributed by atoms with van der Waals surface area (Å²) in [6.45, 7) is 2.35. The van der Waals surface area contributed by atoms with Gasteiger partial charge in [0, 0.05) is 42.1 Å². The number of rotatable bonds is 6. The monoisotopic (exact) mass is 446 g/mol. The molecule has 0 unspecified atom stereocenters. The summed E-state index contributed by atoms with van der Waals surface area (Å²) in [6, 6.07) is 24.3. The second-order valence-electron chi connectivity index (χ2n) is 8.07. The Kier molecular flexibility index (Phi) is 5.71. The summed E-state index contributed by atoms with van der Waals surface area (Å²) in [6.07, 6.45) is 2.39. The molecule has 166 valence electrons. The van der Waals surface area contributed by atoms with Gasteiger partial charge < -0.3 is 5.32 Å². The van der Waals surface area contributed by atoms with Crippen molar-refractivity contribution in [3.63, 3.8) is 0 Å². The third-order valence-electron chi connectivity index (χ3n) is 5.81. The topological polar surface area (TPSA) is 96.0 Å². The Morgan fingerprint density at radius 3 is 2.59 bits per heavy atom. The minimum Gasteiger partial charge on any atom is -0.352 e. The maximum Gasteiger partial charge on any atom is 0.221 e. The zero-order valence-corrected chi connectivity index (χ0v) is 18.7. The number of nitrogens with one attached hydrogen (secondary N) is 1. The van der Waals surface area contributed by atoms with E-state index < -0.39 is 0 Å². The molecule has 7 nitrogen and oxygen atoms in total. The molecule has 1 N–H and O–H groups in total. The van der Waals surface area contributed by atoms with Crippen LogP contribution in [0.15, 0.2) is 72.9 Å². The van der Waals surface area contributed by atoms with Crippen LogP contribution in [-0.4, -0.2) is 25.5 Å². The highest BCUT2D eigenvalue weighted by Crippen LogP contribution is 2.34. The summed E-state index contributed by atoms with van der Waals surface area (Å²) >= 11 is 0. The van der Waals surface area contributed by atoms with Crippen LogP contribution in [0, 0.1) is 18.3 Å². The smallest absolute Gasteiger partial charge is 0.221 e. The molecule has 0 saturated heterocycles. The number of benzene rings is 2. The van der Waals surface area contributed by atoms with Gasteiger partial charge in [-0.15, -0.1) is 10.2 Å². The molecular weight excluding hydrogens is 424 g/mol. The van der Waals surface area contributed by atoms with E-state index in [1.165, 1.54) is 0 Å². The fourth-order valence-corrected chi connectivity index (χ4v) is 4.01. The van der Waals surface area contributed by atoms with Crippen molar-refractivity contribution in [2.75, 3.05) is 0 Å². The molecule has 3 aromatic heterocycles. The van der Waals surface area contributed by atoms with Gasteiger partial charge in [-0.25, -0.2) is 4.98 Å². The predicted octanol–water partition coefficient (Wildman–Crippen LogP) is 4.84. The molecule has 0 fully saturated rings. The van der Waals surface area contributed by atoms with Crippen molar-refractivity contribution >= 4 is 22.5 Å². The second-order valence-corrected chi connectivity index (χ2v) is 8.07. The maximum atomic E-state index is 11.8. The lowest BCUT2D eigenvalue weighted by Crippen LogP contribution is -2.22. The second kappa shape index (κ2) is 9.12. The zero-order chi connectivity index (χ0) is 23.5. The van der Waals surface area contributed by atoms with Gasteiger partial charge in [0.25, 0.3) is 0 Å². The van der Waals surface area contributed by atoms with Gasteiger partial charge in [-0.3, -0.25) is 9.20 Å². The molecule has 3 heterocycles. The van der Waals surface area contributed by atoms with E-state index in [0.717, 1.165) is 50.3 Å². The van der Waals surface area contributed by atoms with Crippen LogP contribution in [0.3, 0.4) is 0 Å². The van der Waals surface area contributed by atoms with Crippen LogP contribution in [-0.2, 0) is 11.3 Å². The molecule has 2 aromatic carbocycles. The summed E-state index contributed by atoms with van der Waals surface area (Å²) in [5, 5.41) is 21.0. The largest absolute Gasteiger partial charge is 0.352 e. The number of carbonyl (C=O) groups excluding carboxylic acids is 1. The van der Waals surface area contributed by atoms with Crippen LogP contribution in [0.4, 0.5) is 0 Å². The molecular formula is C27H22N6O. The Balaban J connectivity index is 1.55. The molecule has 0 spiro atoms. The lowest BCUT2D eigenvalue weighted by molar-refractivity contribution is -0.121. The lowest BCUT2D eigenvalue weighted by Gasteiger charge is -2.13. The number of aryl methyl sites for hydroxylation is 1. The first-order valence-corrected chi connectivity index (χ1v) is 11.1. The minimum atomic E-state index is -0.122. The molecule has 5 rings (SSSR count). The number of hydrogen-bond donors (Lipinski definition) is 1. The van der Waals surface area contributed by atoms with Crippen LogP contribution < -0.4 is 5.32 Å². The first kappa shape index (κ1) is 21.3. The van der Waals surface area contributed by atoms with Crippen molar-refractivity contribution in [2.24, 2.45) is 0 Å². The Hall–Kier alpha value is -4.57. The number of fused-ring (bicyclic) bond motifs is 3. The molecule has 1 amide bonds. The Bertz CT molecular complexity index is 1530. The van der Waals surface area contributed by atoms with Gasteiger partial charge in [-0.1, -0.05) is 54.6 Å². The van der Waals surface area contributed by atoms with E-state index >= 15 is 0 Å². The van der Waals surface area contributed by atoms with Crippen molar-refractivity contribution in [3.05, 3.63) is 84.3 Å². The number of aromatic nitrogens is 4. The Morgan fingerprint density at radius 1 is 1.03 bits per heavy atom. The van der Waals surface area contributed by atoms with Gasteiger partial charge in [0.2, 0.25) is 5.91 Å². The maximum absolute atomic E-state index is 11.8. The molecule has 5 aromatic rings. The standard InChI is InChI=1S/C27H22N6O/c1-18-31-32-27-23-16-22(20-6-3-2-4-7-20)26(30-24(23)13-15-33(18)27)21-11-9-19(10-12-21)17-29-25(34)8-5-14-28/h2-4,6-7,9-13,15-16H,5,8,17H2,1H3,(H,29,34). The number of nitriles is 1. The normalized spacial score (nSPS) is 10.9. The van der Waals surface area contributed by atoms with Crippen LogP contribution in [0.2, 0.25) is 0 Å². The van der Waals surface area contributed by atoms with Crippen LogP contribution in [0.25, 0.3) is 38.9 Å². The fraction of sp³-hybridized carbons (Fsp3) is 0.148. The Morgan fingerprint density at radius 2 is 1.82 bits per heavy atom. The summed E-state index contributed by atoms with van der Waals surface area (Å²) in [4.78, 5) is 16.8. The van der Waals surface area contributed by atoms with Crippen LogP contribution in [0.5, 0.6) is 0 Å². The molecule has 0 aliphatic heterocycles. The lowest BCUT2D eigenvalue weighted by atomic mass is 9.97. The summed E-state index contributed by atoms with van der Waals surface area (Å²) in [5.74, 6) is 0.709. The predicted molar refractivity (Wildman–Crippen MR) is 131 cm³/mol. The molecule has 0 saturated carbocycles. The van der Waals surface area contributed by atoms with Gasteiger partial charge in [0.05, 0.1) is 17.3 Å². The summed E-state index contributed by atoms with van der Waals surface area (Å²) < 4.78 is 1.97. The molecule has 0 aliphatic carbocycles. The van der Waals surface area contributed by atoms with E-state index in [1.807, 2.05) is 72.1 Å². The van der Waals surface area contributed by atoms with Crippen LogP contribution >= 0.6 is 0 Å². The minimum absolute atomic E-state index is 0.122. The molecule has 0 bridgehead atoms. The van der Waals surface area contributed by atoms with Gasteiger partial charge >= 0.3 is 0 Å². The quantitative estimate of drug-likeness (QED) is 0.403. The summed E-state index contributed by atoms with van der Waals surface area (Å²) in [7, 11) is 0. The highest BCUT2D eigenvalue weighted by atomic mass is 16.1. The van der Waals surface area contributed by atoms with E-state index in [-0.39, 0.29) is 18.7 Å². The van der Waals surface area contributed by atoms with E-state index in [2.05, 4.69) is 33.7 Å². The Labute approximate surface area is 196 Å². The fourth-order valence-electron chi connectivity index (χ4n) is 4.01. The van der Waals surface area contributed by atoms with Gasteiger partial charge in [0.1, 0.15) is 5.82 Å².